The molecule has 0 aliphatic carbocycles. The van der Waals surface area contributed by atoms with E-state index in [1.165, 1.54) is 43.3 Å². The molecule has 0 nitrogen and oxygen atoms in total. The van der Waals surface area contributed by atoms with Crippen molar-refractivity contribution < 1.29 is 0 Å². The van der Waals surface area contributed by atoms with Gasteiger partial charge in [-0.1, -0.05) is 110 Å². The van der Waals surface area contributed by atoms with Gasteiger partial charge in [0, 0.05) is 19.1 Å². The van der Waals surface area contributed by atoms with Crippen molar-refractivity contribution in [3.63, 3.8) is 0 Å². The van der Waals surface area contributed by atoms with Crippen molar-refractivity contribution in [2.24, 2.45) is 0 Å². The predicted octanol–water partition coefficient (Wildman–Crippen LogP) is 7.79. The largest absolute Gasteiger partial charge is 0.135 e. The molecular weight excluding hydrogens is 436 g/mol. The van der Waals surface area contributed by atoms with E-state index in [1.807, 2.05) is 12.2 Å². The van der Waals surface area contributed by atoms with Crippen LogP contribution >= 0.6 is 27.3 Å². The maximum absolute atomic E-state index is 4.25. The molecule has 0 fully saturated rings. The van der Waals surface area contributed by atoms with E-state index in [4.69, 9.17) is 0 Å². The van der Waals surface area contributed by atoms with Gasteiger partial charge >= 0.3 is 0 Å². The third-order valence-electron chi connectivity index (χ3n) is 4.49. The van der Waals surface area contributed by atoms with Crippen LogP contribution in [-0.4, -0.2) is 0 Å². The van der Waals surface area contributed by atoms with Gasteiger partial charge in [-0.2, -0.15) is 0 Å². The number of hydrogen-bond donors (Lipinski definition) is 0. The van der Waals surface area contributed by atoms with Crippen LogP contribution in [0, 0.1) is 0 Å². The summed E-state index contributed by atoms with van der Waals surface area (Å²) in [5.74, 6) is 0. The third-order valence-corrected chi connectivity index (χ3v) is 6.27. The highest BCUT2D eigenvalue weighted by atomic mass is 79.9. The SMILES string of the molecule is C=C/C=c1/sc2c(-c3ccc(-c4ccc(Br)cc4)cc3)cccc2c1=C.CCC. The molecule has 4 aromatic rings. The van der Waals surface area contributed by atoms with Gasteiger partial charge in [0.1, 0.15) is 0 Å². The summed E-state index contributed by atoms with van der Waals surface area (Å²) < 4.78 is 3.55. The average molecular weight is 461 g/mol. The van der Waals surface area contributed by atoms with E-state index in [0.717, 1.165) is 9.69 Å². The summed E-state index contributed by atoms with van der Waals surface area (Å²) in [5, 5.41) is 2.30. The van der Waals surface area contributed by atoms with Gasteiger partial charge in [0.25, 0.3) is 0 Å². The van der Waals surface area contributed by atoms with Crippen LogP contribution in [0.5, 0.6) is 0 Å². The molecule has 0 saturated carbocycles. The molecule has 0 unspecified atom stereocenters. The lowest BCUT2D eigenvalue weighted by atomic mass is 9.99. The maximum Gasteiger partial charge on any atom is 0.0433 e. The van der Waals surface area contributed by atoms with Crippen LogP contribution in [-0.2, 0) is 0 Å². The number of benzene rings is 3. The summed E-state index contributed by atoms with van der Waals surface area (Å²) in [6.07, 6.45) is 5.11. The van der Waals surface area contributed by atoms with Gasteiger partial charge in [-0.15, -0.1) is 11.3 Å². The Morgan fingerprint density at radius 1 is 0.862 bits per heavy atom. The molecule has 0 aliphatic heterocycles. The van der Waals surface area contributed by atoms with Crippen molar-refractivity contribution in [1.29, 1.82) is 0 Å². The van der Waals surface area contributed by atoms with Gasteiger partial charge in [-0.25, -0.2) is 0 Å². The van der Waals surface area contributed by atoms with E-state index in [1.54, 1.807) is 11.3 Å². The topological polar surface area (TPSA) is 0 Å². The summed E-state index contributed by atoms with van der Waals surface area (Å²) in [6.45, 7) is 12.3. The van der Waals surface area contributed by atoms with Crippen molar-refractivity contribution >= 4 is 50.0 Å². The standard InChI is InChI=1S/C24H17BrS.C3H8/c1-3-5-23-16(2)21-6-4-7-22(24(21)26-23)19-10-8-17(9-11-19)18-12-14-20(25)15-13-18;1-3-2/h3-15H,1-2H2;3H2,1-2H3/b23-5+;. The minimum Gasteiger partial charge on any atom is -0.135 e. The molecule has 0 bridgehead atoms. The van der Waals surface area contributed by atoms with Gasteiger partial charge < -0.3 is 0 Å². The van der Waals surface area contributed by atoms with Crippen LogP contribution in [0.25, 0.3) is 45.0 Å². The van der Waals surface area contributed by atoms with Crippen molar-refractivity contribution in [1.82, 2.24) is 0 Å². The Hall–Kier alpha value is -2.42. The summed E-state index contributed by atoms with van der Waals surface area (Å²) in [6, 6.07) is 23.6. The molecule has 4 rings (SSSR count). The molecule has 146 valence electrons. The van der Waals surface area contributed by atoms with Crippen molar-refractivity contribution in [3.8, 4) is 22.3 Å². The molecule has 0 radical (unpaired) electrons. The average Bonchev–Trinajstić information content (AvgIpc) is 3.05. The molecule has 0 aliphatic rings. The lowest BCUT2D eigenvalue weighted by molar-refractivity contribution is 1.09. The Kier molecular flexibility index (Phi) is 7.24. The Labute approximate surface area is 185 Å². The van der Waals surface area contributed by atoms with Gasteiger partial charge in [-0.3, -0.25) is 0 Å². The molecule has 1 heterocycles. The normalized spacial score (nSPS) is 11.2. The predicted molar refractivity (Wildman–Crippen MR) is 136 cm³/mol. The lowest BCUT2D eigenvalue weighted by Gasteiger charge is -2.06. The minimum atomic E-state index is 1.08. The summed E-state index contributed by atoms with van der Waals surface area (Å²) in [7, 11) is 0. The minimum absolute atomic E-state index is 1.08. The molecule has 1 aromatic heterocycles. The van der Waals surface area contributed by atoms with Gasteiger partial charge in [0.05, 0.1) is 0 Å². The second-order valence-corrected chi connectivity index (χ2v) is 8.79. The van der Waals surface area contributed by atoms with Crippen LogP contribution in [0.4, 0.5) is 0 Å². The molecule has 0 spiro atoms. The van der Waals surface area contributed by atoms with E-state index in [0.29, 0.717) is 0 Å². The Bertz CT molecular complexity index is 1210. The molecule has 2 heteroatoms. The first kappa shape index (κ1) is 21.3. The maximum atomic E-state index is 4.25. The van der Waals surface area contributed by atoms with Crippen LogP contribution in [0.2, 0.25) is 0 Å². The zero-order valence-corrected chi connectivity index (χ0v) is 19.3. The van der Waals surface area contributed by atoms with Crippen molar-refractivity contribution in [2.75, 3.05) is 0 Å². The summed E-state index contributed by atoms with van der Waals surface area (Å²) in [4.78, 5) is 0. The van der Waals surface area contributed by atoms with E-state index in [-0.39, 0.29) is 0 Å². The number of rotatable bonds is 3. The summed E-state index contributed by atoms with van der Waals surface area (Å²) >= 11 is 5.27. The van der Waals surface area contributed by atoms with Gasteiger partial charge in [0.15, 0.2) is 0 Å². The second kappa shape index (κ2) is 9.87. The fourth-order valence-corrected chi connectivity index (χ4v) is 4.62. The number of hydrogen-bond acceptors (Lipinski definition) is 1. The number of fused-ring (bicyclic) bond motifs is 1. The molecule has 0 N–H and O–H groups in total. The number of thiophene rings is 1. The van der Waals surface area contributed by atoms with E-state index >= 15 is 0 Å². The van der Waals surface area contributed by atoms with Crippen molar-refractivity contribution in [2.45, 2.75) is 20.3 Å². The van der Waals surface area contributed by atoms with Gasteiger partial charge in [-0.05, 0) is 45.7 Å². The van der Waals surface area contributed by atoms with Gasteiger partial charge in [0.2, 0.25) is 0 Å². The van der Waals surface area contributed by atoms with Crippen LogP contribution < -0.4 is 9.75 Å². The first-order valence-corrected chi connectivity index (χ1v) is 11.4. The molecule has 29 heavy (non-hydrogen) atoms. The Balaban J connectivity index is 0.000000755. The monoisotopic (exact) mass is 460 g/mol. The highest BCUT2D eigenvalue weighted by Gasteiger charge is 2.08. The zero-order chi connectivity index (χ0) is 20.8. The first-order chi connectivity index (χ1) is 14.1. The lowest BCUT2D eigenvalue weighted by Crippen LogP contribution is -2.15. The highest BCUT2D eigenvalue weighted by molar-refractivity contribution is 9.10. The molecular formula is C27H25BrS. The third kappa shape index (κ3) is 4.77. The van der Waals surface area contributed by atoms with E-state index in [9.17, 15) is 0 Å². The fourth-order valence-electron chi connectivity index (χ4n) is 3.14. The van der Waals surface area contributed by atoms with Crippen LogP contribution in [0.15, 0.2) is 83.9 Å². The number of allylic oxidation sites excluding steroid dienone is 1. The molecule has 0 atom stereocenters. The Morgan fingerprint density at radius 2 is 1.41 bits per heavy atom. The summed E-state index contributed by atoms with van der Waals surface area (Å²) in [5.41, 5.74) is 4.92. The fraction of sp³-hybridized carbons (Fsp3) is 0.111. The van der Waals surface area contributed by atoms with E-state index in [2.05, 4.69) is 110 Å². The smallest absolute Gasteiger partial charge is 0.0433 e. The second-order valence-electron chi connectivity index (χ2n) is 6.82. The highest BCUT2D eigenvalue weighted by Crippen LogP contribution is 2.31. The zero-order valence-electron chi connectivity index (χ0n) is 16.9. The Morgan fingerprint density at radius 3 is 2.00 bits per heavy atom. The van der Waals surface area contributed by atoms with Crippen LogP contribution in [0.1, 0.15) is 20.3 Å². The van der Waals surface area contributed by atoms with Crippen molar-refractivity contribution in [3.05, 3.63) is 93.6 Å². The van der Waals surface area contributed by atoms with Crippen LogP contribution in [0.3, 0.4) is 0 Å². The molecule has 0 saturated heterocycles. The van der Waals surface area contributed by atoms with E-state index < -0.39 is 0 Å². The molecule has 3 aromatic carbocycles. The quantitative estimate of drug-likeness (QED) is 0.292. The molecule has 0 amide bonds. The first-order valence-electron chi connectivity index (χ1n) is 9.78. The number of halogens is 1.